The van der Waals surface area contributed by atoms with Gasteiger partial charge in [-0.3, -0.25) is 4.90 Å². The number of aryl methyl sites for hydroxylation is 1. The molecule has 5 heteroatoms. The molecule has 1 unspecified atom stereocenters. The summed E-state index contributed by atoms with van der Waals surface area (Å²) in [5.74, 6) is 0.713. The molecule has 1 aromatic heterocycles. The van der Waals surface area contributed by atoms with Crippen molar-refractivity contribution in [1.29, 1.82) is 0 Å². The summed E-state index contributed by atoms with van der Waals surface area (Å²) in [6, 6.07) is 2.33. The van der Waals surface area contributed by atoms with Crippen LogP contribution in [0.1, 0.15) is 38.4 Å². The molecule has 0 saturated carbocycles. The number of aromatic nitrogens is 2. The largest absolute Gasteiger partial charge is 0.368 e. The molecule has 1 atom stereocenters. The lowest BCUT2D eigenvalue weighted by molar-refractivity contribution is -0.0443. The van der Waals surface area contributed by atoms with Crippen molar-refractivity contribution in [3.63, 3.8) is 0 Å². The average Bonchev–Trinajstić information content (AvgIpc) is 2.38. The van der Waals surface area contributed by atoms with Crippen molar-refractivity contribution in [2.24, 2.45) is 0 Å². The first-order chi connectivity index (χ1) is 8.60. The summed E-state index contributed by atoms with van der Waals surface area (Å²) in [5, 5.41) is 0.502. The van der Waals surface area contributed by atoms with Gasteiger partial charge in [0, 0.05) is 24.8 Å². The van der Waals surface area contributed by atoms with Gasteiger partial charge in [0.25, 0.3) is 0 Å². The van der Waals surface area contributed by atoms with E-state index in [1.807, 2.05) is 6.07 Å². The lowest BCUT2D eigenvalue weighted by atomic mass is 10.2. The maximum Gasteiger partial charge on any atom is 0.160 e. The Balaban J connectivity index is 2.17. The summed E-state index contributed by atoms with van der Waals surface area (Å²) < 4.78 is 5.77. The molecule has 0 amide bonds. The normalized spacial score (nSPS) is 21.5. The molecule has 4 nitrogen and oxygen atoms in total. The van der Waals surface area contributed by atoms with Crippen molar-refractivity contribution in [2.75, 3.05) is 19.7 Å². The number of halogens is 1. The molecule has 1 aliphatic rings. The fourth-order valence-electron chi connectivity index (χ4n) is 2.10. The summed E-state index contributed by atoms with van der Waals surface area (Å²) in [5.41, 5.74) is 0.968. The molecule has 2 rings (SSSR count). The molecule has 2 heterocycles. The van der Waals surface area contributed by atoms with Gasteiger partial charge in [0.2, 0.25) is 0 Å². The highest BCUT2D eigenvalue weighted by Gasteiger charge is 2.26. The minimum atomic E-state index is -0.0647. The van der Waals surface area contributed by atoms with E-state index in [0.717, 1.165) is 31.8 Å². The third-order valence-corrected chi connectivity index (χ3v) is 3.44. The standard InChI is InChI=1S/C13H20ClN3O/c1-4-10-7-12(14)16-13(15-10)11-8-17(9(2)3)5-6-18-11/h7,9,11H,4-6,8H2,1-3H3. The van der Waals surface area contributed by atoms with E-state index < -0.39 is 0 Å². The molecule has 0 spiro atoms. The van der Waals surface area contributed by atoms with Crippen LogP contribution < -0.4 is 0 Å². The number of hydrogen-bond acceptors (Lipinski definition) is 4. The maximum absolute atomic E-state index is 6.03. The molecule has 0 aliphatic carbocycles. The smallest absolute Gasteiger partial charge is 0.160 e. The van der Waals surface area contributed by atoms with E-state index in [4.69, 9.17) is 16.3 Å². The first-order valence-electron chi connectivity index (χ1n) is 6.49. The molecule has 0 aromatic carbocycles. The Morgan fingerprint density at radius 2 is 2.28 bits per heavy atom. The molecule has 0 N–H and O–H groups in total. The number of nitrogens with zero attached hydrogens (tertiary/aromatic N) is 3. The second-order valence-corrected chi connectivity index (χ2v) is 5.23. The Bertz CT molecular complexity index is 411. The minimum Gasteiger partial charge on any atom is -0.368 e. The van der Waals surface area contributed by atoms with Crippen molar-refractivity contribution in [2.45, 2.75) is 39.3 Å². The number of rotatable bonds is 3. The summed E-state index contributed by atoms with van der Waals surface area (Å²) in [6.45, 7) is 8.97. The van der Waals surface area contributed by atoms with Crippen molar-refractivity contribution in [1.82, 2.24) is 14.9 Å². The zero-order valence-corrected chi connectivity index (χ0v) is 11.9. The van der Waals surface area contributed by atoms with Gasteiger partial charge in [-0.2, -0.15) is 0 Å². The van der Waals surface area contributed by atoms with Crippen LogP contribution in [0.15, 0.2) is 6.07 Å². The zero-order chi connectivity index (χ0) is 13.1. The number of ether oxygens (including phenoxy) is 1. The molecule has 1 aromatic rings. The SMILES string of the molecule is CCc1cc(Cl)nc(C2CN(C(C)C)CCO2)n1. The van der Waals surface area contributed by atoms with Gasteiger partial charge in [0.05, 0.1) is 6.61 Å². The van der Waals surface area contributed by atoms with Gasteiger partial charge in [-0.05, 0) is 26.3 Å². The van der Waals surface area contributed by atoms with Gasteiger partial charge in [-0.15, -0.1) is 0 Å². The van der Waals surface area contributed by atoms with E-state index in [9.17, 15) is 0 Å². The maximum atomic E-state index is 6.03. The van der Waals surface area contributed by atoms with E-state index in [2.05, 4.69) is 35.6 Å². The Kier molecular flexibility index (Phi) is 4.54. The van der Waals surface area contributed by atoms with Gasteiger partial charge >= 0.3 is 0 Å². The van der Waals surface area contributed by atoms with E-state index in [1.165, 1.54) is 0 Å². The first kappa shape index (κ1) is 13.7. The van der Waals surface area contributed by atoms with Gasteiger partial charge in [-0.1, -0.05) is 18.5 Å². The third kappa shape index (κ3) is 3.19. The highest BCUT2D eigenvalue weighted by molar-refractivity contribution is 6.29. The highest BCUT2D eigenvalue weighted by Crippen LogP contribution is 2.22. The Labute approximate surface area is 113 Å². The van der Waals surface area contributed by atoms with Crippen molar-refractivity contribution in [3.05, 3.63) is 22.7 Å². The van der Waals surface area contributed by atoms with Crippen LogP contribution in [0.3, 0.4) is 0 Å². The lowest BCUT2D eigenvalue weighted by Crippen LogP contribution is -2.42. The topological polar surface area (TPSA) is 38.2 Å². The minimum absolute atomic E-state index is 0.0647. The monoisotopic (exact) mass is 269 g/mol. The second-order valence-electron chi connectivity index (χ2n) is 4.84. The van der Waals surface area contributed by atoms with Crippen LogP contribution in [0.25, 0.3) is 0 Å². The van der Waals surface area contributed by atoms with Gasteiger partial charge < -0.3 is 4.74 Å². The van der Waals surface area contributed by atoms with Crippen molar-refractivity contribution < 1.29 is 4.74 Å². The molecule has 0 radical (unpaired) electrons. The third-order valence-electron chi connectivity index (χ3n) is 3.24. The van der Waals surface area contributed by atoms with Crippen LogP contribution in [-0.4, -0.2) is 40.6 Å². The molecule has 18 heavy (non-hydrogen) atoms. The van der Waals surface area contributed by atoms with E-state index in [-0.39, 0.29) is 6.10 Å². The van der Waals surface area contributed by atoms with Crippen molar-refractivity contribution in [3.8, 4) is 0 Å². The Morgan fingerprint density at radius 3 is 2.94 bits per heavy atom. The Morgan fingerprint density at radius 1 is 1.50 bits per heavy atom. The van der Waals surface area contributed by atoms with Gasteiger partial charge in [0.15, 0.2) is 5.82 Å². The quantitative estimate of drug-likeness (QED) is 0.790. The van der Waals surface area contributed by atoms with E-state index in [1.54, 1.807) is 0 Å². The van der Waals surface area contributed by atoms with Crippen LogP contribution in [-0.2, 0) is 11.2 Å². The molecule has 1 aliphatic heterocycles. The van der Waals surface area contributed by atoms with E-state index >= 15 is 0 Å². The van der Waals surface area contributed by atoms with Crippen molar-refractivity contribution >= 4 is 11.6 Å². The predicted molar refractivity (Wildman–Crippen MR) is 71.8 cm³/mol. The van der Waals surface area contributed by atoms with Gasteiger partial charge in [0.1, 0.15) is 11.3 Å². The zero-order valence-electron chi connectivity index (χ0n) is 11.2. The van der Waals surface area contributed by atoms with Crippen LogP contribution in [0.2, 0.25) is 5.15 Å². The highest BCUT2D eigenvalue weighted by atomic mass is 35.5. The van der Waals surface area contributed by atoms with Crippen LogP contribution >= 0.6 is 11.6 Å². The van der Waals surface area contributed by atoms with E-state index in [0.29, 0.717) is 17.0 Å². The summed E-state index contributed by atoms with van der Waals surface area (Å²) in [7, 11) is 0. The average molecular weight is 270 g/mol. The molecule has 100 valence electrons. The fourth-order valence-corrected chi connectivity index (χ4v) is 2.32. The molecular formula is C13H20ClN3O. The summed E-state index contributed by atoms with van der Waals surface area (Å²) in [4.78, 5) is 11.2. The first-order valence-corrected chi connectivity index (χ1v) is 6.87. The summed E-state index contributed by atoms with van der Waals surface area (Å²) >= 11 is 6.03. The number of morpholine rings is 1. The number of hydrogen-bond donors (Lipinski definition) is 0. The van der Waals surface area contributed by atoms with Crippen LogP contribution in [0.4, 0.5) is 0 Å². The molecule has 0 bridgehead atoms. The Hall–Kier alpha value is -0.710. The lowest BCUT2D eigenvalue weighted by Gasteiger charge is -2.34. The second kappa shape index (κ2) is 5.95. The molecule has 1 fully saturated rings. The summed E-state index contributed by atoms with van der Waals surface area (Å²) in [6.07, 6.45) is 0.792. The molecular weight excluding hydrogens is 250 g/mol. The van der Waals surface area contributed by atoms with Gasteiger partial charge in [-0.25, -0.2) is 9.97 Å². The van der Waals surface area contributed by atoms with Crippen LogP contribution in [0, 0.1) is 0 Å². The van der Waals surface area contributed by atoms with Crippen LogP contribution in [0.5, 0.6) is 0 Å². The predicted octanol–water partition coefficient (Wildman–Crippen LogP) is 2.47. The fraction of sp³-hybridized carbons (Fsp3) is 0.692. The molecule has 1 saturated heterocycles.